The van der Waals surface area contributed by atoms with Gasteiger partial charge < -0.3 is 11.5 Å². The fourth-order valence-corrected chi connectivity index (χ4v) is 3.88. The number of carbonyl (C=O) groups is 1. The molecule has 100 valence electrons. The fourth-order valence-electron chi connectivity index (χ4n) is 2.12. The topological polar surface area (TPSA) is 124 Å². The zero-order valence-corrected chi connectivity index (χ0v) is 10.7. The van der Waals surface area contributed by atoms with Crippen molar-refractivity contribution in [1.29, 1.82) is 0 Å². The van der Waals surface area contributed by atoms with Gasteiger partial charge in [-0.15, -0.1) is 0 Å². The second-order valence-electron chi connectivity index (χ2n) is 4.23. The number of sulfonamides is 1. The van der Waals surface area contributed by atoms with Crippen LogP contribution in [0.2, 0.25) is 0 Å². The van der Waals surface area contributed by atoms with Crippen molar-refractivity contribution in [3.05, 3.63) is 6.20 Å². The van der Waals surface area contributed by atoms with E-state index in [1.165, 1.54) is 10.9 Å². The van der Waals surface area contributed by atoms with E-state index in [2.05, 4.69) is 5.10 Å². The lowest BCUT2D eigenvalue weighted by molar-refractivity contribution is -0.121. The third-order valence-electron chi connectivity index (χ3n) is 2.94. The molecule has 0 radical (unpaired) electrons. The number of nitrogen functional groups attached to an aromatic ring is 1. The summed E-state index contributed by atoms with van der Waals surface area (Å²) in [6, 6.07) is -0.797. The predicted molar refractivity (Wildman–Crippen MR) is 63.7 cm³/mol. The van der Waals surface area contributed by atoms with Crippen molar-refractivity contribution in [2.75, 3.05) is 12.3 Å². The van der Waals surface area contributed by atoms with Crippen LogP contribution in [-0.2, 0) is 21.9 Å². The van der Waals surface area contributed by atoms with Crippen LogP contribution in [0.5, 0.6) is 0 Å². The maximum Gasteiger partial charge on any atom is 0.249 e. The quantitative estimate of drug-likeness (QED) is 0.703. The van der Waals surface area contributed by atoms with E-state index in [1.54, 1.807) is 7.05 Å². The highest BCUT2D eigenvalue weighted by atomic mass is 32.2. The molecule has 2 rings (SSSR count). The van der Waals surface area contributed by atoms with Gasteiger partial charge in [-0.2, -0.15) is 9.40 Å². The van der Waals surface area contributed by atoms with Gasteiger partial charge >= 0.3 is 0 Å². The highest BCUT2D eigenvalue weighted by Gasteiger charge is 2.39. The van der Waals surface area contributed by atoms with Crippen LogP contribution >= 0.6 is 0 Å². The monoisotopic (exact) mass is 273 g/mol. The number of hydrogen-bond donors (Lipinski definition) is 2. The summed E-state index contributed by atoms with van der Waals surface area (Å²) in [5, 5.41) is 3.79. The van der Waals surface area contributed by atoms with E-state index in [0.717, 1.165) is 4.31 Å². The number of hydrogen-bond acceptors (Lipinski definition) is 5. The molecule has 1 fully saturated rings. The summed E-state index contributed by atoms with van der Waals surface area (Å²) < 4.78 is 27.2. The highest BCUT2D eigenvalue weighted by Crippen LogP contribution is 2.28. The van der Waals surface area contributed by atoms with Gasteiger partial charge in [0.15, 0.2) is 5.82 Å². The summed E-state index contributed by atoms with van der Waals surface area (Å²) in [6.45, 7) is 0.268. The van der Waals surface area contributed by atoms with Gasteiger partial charge in [0.2, 0.25) is 15.9 Å². The Morgan fingerprint density at radius 1 is 1.56 bits per heavy atom. The molecule has 1 aliphatic heterocycles. The van der Waals surface area contributed by atoms with Crippen LogP contribution in [0.25, 0.3) is 0 Å². The molecule has 0 spiro atoms. The maximum atomic E-state index is 12.4. The van der Waals surface area contributed by atoms with Gasteiger partial charge in [0.1, 0.15) is 10.9 Å². The molecule has 1 aromatic rings. The molecule has 1 aromatic heterocycles. The molecule has 2 heterocycles. The van der Waals surface area contributed by atoms with E-state index in [4.69, 9.17) is 11.5 Å². The minimum Gasteiger partial charge on any atom is -0.381 e. The number of primary amides is 1. The summed E-state index contributed by atoms with van der Waals surface area (Å²) in [7, 11) is -2.24. The lowest BCUT2D eigenvalue weighted by Gasteiger charge is -2.20. The highest BCUT2D eigenvalue weighted by molar-refractivity contribution is 7.89. The molecule has 0 aliphatic carbocycles. The molecule has 0 saturated carbocycles. The lowest BCUT2D eigenvalue weighted by Crippen LogP contribution is -2.43. The molecule has 1 unspecified atom stereocenters. The molecule has 1 atom stereocenters. The third-order valence-corrected chi connectivity index (χ3v) is 4.87. The van der Waals surface area contributed by atoms with Crippen LogP contribution in [0.3, 0.4) is 0 Å². The molecule has 0 aromatic carbocycles. The first-order valence-electron chi connectivity index (χ1n) is 5.44. The molecule has 4 N–H and O–H groups in total. The minimum atomic E-state index is -3.82. The van der Waals surface area contributed by atoms with Gasteiger partial charge in [0, 0.05) is 19.8 Å². The first kappa shape index (κ1) is 12.8. The van der Waals surface area contributed by atoms with Crippen molar-refractivity contribution in [2.45, 2.75) is 23.8 Å². The van der Waals surface area contributed by atoms with Crippen LogP contribution in [0, 0.1) is 0 Å². The zero-order valence-electron chi connectivity index (χ0n) is 9.91. The Kier molecular flexibility index (Phi) is 3.03. The van der Waals surface area contributed by atoms with E-state index >= 15 is 0 Å². The third kappa shape index (κ3) is 1.95. The van der Waals surface area contributed by atoms with E-state index in [9.17, 15) is 13.2 Å². The summed E-state index contributed by atoms with van der Waals surface area (Å²) in [6.07, 6.45) is 2.36. The van der Waals surface area contributed by atoms with Gasteiger partial charge in [-0.1, -0.05) is 0 Å². The largest absolute Gasteiger partial charge is 0.381 e. The predicted octanol–water partition coefficient (Wildman–Crippen LogP) is -1.36. The van der Waals surface area contributed by atoms with E-state index in [1.807, 2.05) is 0 Å². The Morgan fingerprint density at radius 3 is 2.72 bits per heavy atom. The summed E-state index contributed by atoms with van der Waals surface area (Å²) in [5.41, 5.74) is 10.8. The van der Waals surface area contributed by atoms with Crippen LogP contribution in [0.1, 0.15) is 12.8 Å². The number of rotatable bonds is 3. The van der Waals surface area contributed by atoms with Crippen molar-refractivity contribution >= 4 is 21.7 Å². The smallest absolute Gasteiger partial charge is 0.249 e. The van der Waals surface area contributed by atoms with Crippen LogP contribution in [0.4, 0.5) is 5.82 Å². The van der Waals surface area contributed by atoms with Gasteiger partial charge in [0.25, 0.3) is 0 Å². The maximum absolute atomic E-state index is 12.4. The lowest BCUT2D eigenvalue weighted by atomic mass is 10.2. The fraction of sp³-hybridized carbons (Fsp3) is 0.556. The first-order valence-corrected chi connectivity index (χ1v) is 6.88. The second-order valence-corrected chi connectivity index (χ2v) is 6.09. The number of aromatic nitrogens is 2. The number of amides is 1. The number of aryl methyl sites for hydroxylation is 1. The standard InChI is InChI=1S/C9H15N5O3S/c1-13-5-7(8(10)12-13)18(16,17)14-4-2-3-6(14)9(11)15/h5-6H,2-4H2,1H3,(H2,10,12)(H2,11,15). The van der Waals surface area contributed by atoms with E-state index in [-0.39, 0.29) is 17.3 Å². The number of carbonyl (C=O) groups excluding carboxylic acids is 1. The van der Waals surface area contributed by atoms with E-state index in [0.29, 0.717) is 12.8 Å². The first-order chi connectivity index (χ1) is 8.34. The Bertz CT molecular complexity index is 579. The van der Waals surface area contributed by atoms with Gasteiger partial charge in [-0.3, -0.25) is 9.48 Å². The van der Waals surface area contributed by atoms with Crippen molar-refractivity contribution in [3.63, 3.8) is 0 Å². The van der Waals surface area contributed by atoms with Crippen molar-refractivity contribution < 1.29 is 13.2 Å². The molecule has 18 heavy (non-hydrogen) atoms. The summed E-state index contributed by atoms with van der Waals surface area (Å²) >= 11 is 0. The summed E-state index contributed by atoms with van der Waals surface area (Å²) in [4.78, 5) is 11.2. The van der Waals surface area contributed by atoms with Crippen molar-refractivity contribution in [3.8, 4) is 0 Å². The van der Waals surface area contributed by atoms with Crippen LogP contribution in [0.15, 0.2) is 11.1 Å². The Hall–Kier alpha value is -1.61. The molecular formula is C9H15N5O3S. The molecule has 9 heteroatoms. The SMILES string of the molecule is Cn1cc(S(=O)(=O)N2CCCC2C(N)=O)c(N)n1. The van der Waals surface area contributed by atoms with Gasteiger partial charge in [0.05, 0.1) is 0 Å². The van der Waals surface area contributed by atoms with Gasteiger partial charge in [-0.25, -0.2) is 8.42 Å². The Morgan fingerprint density at radius 2 is 2.22 bits per heavy atom. The molecule has 8 nitrogen and oxygen atoms in total. The summed E-state index contributed by atoms with van der Waals surface area (Å²) in [5.74, 6) is -0.717. The van der Waals surface area contributed by atoms with Crippen molar-refractivity contribution in [1.82, 2.24) is 14.1 Å². The molecule has 1 aliphatic rings. The average Bonchev–Trinajstić information content (AvgIpc) is 2.84. The molecular weight excluding hydrogens is 258 g/mol. The number of anilines is 1. The average molecular weight is 273 g/mol. The van der Waals surface area contributed by atoms with Crippen molar-refractivity contribution in [2.24, 2.45) is 12.8 Å². The number of nitrogens with two attached hydrogens (primary N) is 2. The Balaban J connectivity index is 2.43. The molecule has 1 amide bonds. The normalized spacial score (nSPS) is 21.3. The van der Waals surface area contributed by atoms with E-state index < -0.39 is 22.0 Å². The van der Waals surface area contributed by atoms with Gasteiger partial charge in [-0.05, 0) is 12.8 Å². The zero-order chi connectivity index (χ0) is 13.5. The Labute approximate surface area is 105 Å². The van der Waals surface area contributed by atoms with Crippen LogP contribution < -0.4 is 11.5 Å². The molecule has 0 bridgehead atoms. The molecule has 1 saturated heterocycles. The minimum absolute atomic E-state index is 0.0763. The second kappa shape index (κ2) is 4.25. The van der Waals surface area contributed by atoms with Crippen LogP contribution in [-0.4, -0.2) is 41.0 Å². The number of nitrogens with zero attached hydrogens (tertiary/aromatic N) is 3.